The number of nitrogens with one attached hydrogen (secondary N) is 2. The highest BCUT2D eigenvalue weighted by atomic mass is 32.2. The summed E-state index contributed by atoms with van der Waals surface area (Å²) in [7, 11) is -3.36. The van der Waals surface area contributed by atoms with Crippen molar-refractivity contribution in [1.29, 1.82) is 0 Å². The summed E-state index contributed by atoms with van der Waals surface area (Å²) < 4.78 is 30.3. The fourth-order valence-electron chi connectivity index (χ4n) is 3.67. The van der Waals surface area contributed by atoms with Gasteiger partial charge in [-0.1, -0.05) is 19.3 Å². The predicted octanol–water partition coefficient (Wildman–Crippen LogP) is 2.79. The standard InChI is InChI=1S/C20H26N6O3S/c21-10-11-30(27,28)16-8-6-15(7-9-16)24-20-25-18-17(22-13-23-18)19(26-20)29-12-14-4-2-1-3-5-14/h6-9,13-14H,1-5,10-12,21H2,(H2,22,23,24,25,26). The fraction of sp³-hybridized carbons (Fsp3) is 0.450. The van der Waals surface area contributed by atoms with Crippen LogP contribution in [0.5, 0.6) is 5.88 Å². The van der Waals surface area contributed by atoms with Crippen molar-refractivity contribution in [3.05, 3.63) is 30.6 Å². The lowest BCUT2D eigenvalue weighted by atomic mass is 9.90. The molecule has 2 aromatic heterocycles. The molecule has 0 amide bonds. The summed E-state index contributed by atoms with van der Waals surface area (Å²) in [5.41, 5.74) is 7.21. The van der Waals surface area contributed by atoms with Gasteiger partial charge in [0.15, 0.2) is 15.5 Å². The van der Waals surface area contributed by atoms with Crippen molar-refractivity contribution in [2.45, 2.75) is 37.0 Å². The lowest BCUT2D eigenvalue weighted by molar-refractivity contribution is 0.205. The lowest BCUT2D eigenvalue weighted by Crippen LogP contribution is -2.16. The molecule has 4 N–H and O–H groups in total. The second-order valence-corrected chi connectivity index (χ2v) is 9.63. The Morgan fingerprint density at radius 3 is 2.63 bits per heavy atom. The largest absolute Gasteiger partial charge is 0.476 e. The number of aromatic amines is 1. The molecule has 1 aliphatic rings. The first-order valence-corrected chi connectivity index (χ1v) is 11.8. The van der Waals surface area contributed by atoms with E-state index >= 15 is 0 Å². The van der Waals surface area contributed by atoms with Gasteiger partial charge in [-0.05, 0) is 43.0 Å². The molecule has 0 atom stereocenters. The van der Waals surface area contributed by atoms with Crippen molar-refractivity contribution in [2.75, 3.05) is 24.2 Å². The van der Waals surface area contributed by atoms with Gasteiger partial charge in [0.1, 0.15) is 5.52 Å². The number of benzene rings is 1. The van der Waals surface area contributed by atoms with Crippen molar-refractivity contribution < 1.29 is 13.2 Å². The number of nitrogens with two attached hydrogens (primary N) is 1. The van der Waals surface area contributed by atoms with Crippen LogP contribution in [0, 0.1) is 5.92 Å². The molecular weight excluding hydrogens is 404 g/mol. The normalized spacial score (nSPS) is 15.4. The van der Waals surface area contributed by atoms with Crippen LogP contribution in [0.25, 0.3) is 11.2 Å². The van der Waals surface area contributed by atoms with Gasteiger partial charge in [0.25, 0.3) is 0 Å². The predicted molar refractivity (Wildman–Crippen MR) is 115 cm³/mol. The molecule has 0 unspecified atom stereocenters. The van der Waals surface area contributed by atoms with Gasteiger partial charge in [-0.15, -0.1) is 0 Å². The highest BCUT2D eigenvalue weighted by Crippen LogP contribution is 2.27. The number of nitrogens with zero attached hydrogens (tertiary/aromatic N) is 3. The van der Waals surface area contributed by atoms with Gasteiger partial charge in [-0.2, -0.15) is 9.97 Å². The van der Waals surface area contributed by atoms with Crippen LogP contribution in [0.15, 0.2) is 35.5 Å². The molecule has 0 saturated heterocycles. The smallest absolute Gasteiger partial charge is 0.245 e. The summed E-state index contributed by atoms with van der Waals surface area (Å²) in [5, 5.41) is 3.10. The Morgan fingerprint density at radius 2 is 1.90 bits per heavy atom. The monoisotopic (exact) mass is 430 g/mol. The van der Waals surface area contributed by atoms with E-state index in [1.54, 1.807) is 30.6 Å². The number of rotatable bonds is 8. The van der Waals surface area contributed by atoms with Gasteiger partial charge in [0.2, 0.25) is 11.8 Å². The van der Waals surface area contributed by atoms with E-state index in [1.165, 1.54) is 32.1 Å². The van der Waals surface area contributed by atoms with Crippen LogP contribution in [-0.4, -0.2) is 47.3 Å². The maximum absolute atomic E-state index is 12.1. The highest BCUT2D eigenvalue weighted by molar-refractivity contribution is 7.91. The Morgan fingerprint density at radius 1 is 1.13 bits per heavy atom. The molecule has 1 saturated carbocycles. The molecule has 0 radical (unpaired) electrons. The van der Waals surface area contributed by atoms with Gasteiger partial charge >= 0.3 is 0 Å². The number of H-pyrrole nitrogens is 1. The summed E-state index contributed by atoms with van der Waals surface area (Å²) in [5.74, 6) is 1.27. The summed E-state index contributed by atoms with van der Waals surface area (Å²) in [6.45, 7) is 0.710. The van der Waals surface area contributed by atoms with Gasteiger partial charge < -0.3 is 20.8 Å². The summed E-state index contributed by atoms with van der Waals surface area (Å²) >= 11 is 0. The minimum Gasteiger partial charge on any atom is -0.476 e. The number of imidazole rings is 1. The maximum Gasteiger partial charge on any atom is 0.245 e. The van der Waals surface area contributed by atoms with E-state index in [9.17, 15) is 8.42 Å². The van der Waals surface area contributed by atoms with E-state index in [0.717, 1.165) is 0 Å². The van der Waals surface area contributed by atoms with Crippen LogP contribution >= 0.6 is 0 Å². The Bertz CT molecular complexity index is 1090. The molecule has 1 aromatic carbocycles. The average Bonchev–Trinajstić information content (AvgIpc) is 3.22. The van der Waals surface area contributed by atoms with Gasteiger partial charge in [-0.25, -0.2) is 13.4 Å². The Labute approximate surface area is 175 Å². The van der Waals surface area contributed by atoms with Gasteiger partial charge in [-0.3, -0.25) is 0 Å². The minimum absolute atomic E-state index is 0.0829. The van der Waals surface area contributed by atoms with E-state index in [2.05, 4.69) is 25.3 Å². The number of hydrogen-bond acceptors (Lipinski definition) is 8. The first kappa shape index (κ1) is 20.5. The molecule has 3 aromatic rings. The van der Waals surface area contributed by atoms with Gasteiger partial charge in [0, 0.05) is 12.2 Å². The van der Waals surface area contributed by atoms with E-state index in [1.807, 2.05) is 0 Å². The maximum atomic E-state index is 12.1. The van der Waals surface area contributed by atoms with Gasteiger partial charge in [0.05, 0.1) is 23.6 Å². The van der Waals surface area contributed by atoms with Crippen LogP contribution in [0.1, 0.15) is 32.1 Å². The number of fused-ring (bicyclic) bond motifs is 1. The molecule has 0 spiro atoms. The number of aromatic nitrogens is 4. The average molecular weight is 431 g/mol. The third-order valence-corrected chi connectivity index (χ3v) is 7.05. The molecule has 0 aliphatic heterocycles. The number of anilines is 2. The van der Waals surface area contributed by atoms with Crippen LogP contribution in [0.4, 0.5) is 11.6 Å². The van der Waals surface area contributed by atoms with Crippen molar-refractivity contribution in [2.24, 2.45) is 11.7 Å². The summed E-state index contributed by atoms with van der Waals surface area (Å²) in [4.78, 5) is 16.4. The van der Waals surface area contributed by atoms with Crippen molar-refractivity contribution >= 4 is 32.6 Å². The zero-order valence-electron chi connectivity index (χ0n) is 16.7. The zero-order chi connectivity index (χ0) is 21.0. The number of hydrogen-bond donors (Lipinski definition) is 3. The number of sulfone groups is 1. The second-order valence-electron chi connectivity index (χ2n) is 7.53. The third-order valence-electron chi connectivity index (χ3n) is 5.29. The molecule has 9 nitrogen and oxygen atoms in total. The molecule has 2 heterocycles. The van der Waals surface area contributed by atoms with E-state index in [4.69, 9.17) is 10.5 Å². The van der Waals surface area contributed by atoms with Crippen molar-refractivity contribution in [3.63, 3.8) is 0 Å². The molecular formula is C20H26N6O3S. The molecule has 1 fully saturated rings. The summed E-state index contributed by atoms with van der Waals surface area (Å²) in [6, 6.07) is 6.43. The second kappa shape index (κ2) is 8.97. The Hall–Kier alpha value is -2.72. The fourth-order valence-corrected chi connectivity index (χ4v) is 4.76. The molecule has 4 rings (SSSR count). The SMILES string of the molecule is NCCS(=O)(=O)c1ccc(Nc2nc(OCC3CCCCC3)c3[nH]cnc3n2)cc1. The van der Waals surface area contributed by atoms with Crippen LogP contribution < -0.4 is 15.8 Å². The topological polar surface area (TPSA) is 136 Å². The van der Waals surface area contributed by atoms with Crippen molar-refractivity contribution in [3.8, 4) is 5.88 Å². The molecule has 30 heavy (non-hydrogen) atoms. The minimum atomic E-state index is -3.36. The molecule has 1 aliphatic carbocycles. The number of ether oxygens (including phenoxy) is 1. The van der Waals surface area contributed by atoms with Crippen LogP contribution in [-0.2, 0) is 9.84 Å². The van der Waals surface area contributed by atoms with Crippen LogP contribution in [0.2, 0.25) is 0 Å². The molecule has 10 heteroatoms. The van der Waals surface area contributed by atoms with E-state index in [-0.39, 0.29) is 17.2 Å². The molecule has 160 valence electrons. The Kier molecular flexibility index (Phi) is 6.14. The first-order chi connectivity index (χ1) is 14.5. The third kappa shape index (κ3) is 4.71. The molecule has 0 bridgehead atoms. The van der Waals surface area contributed by atoms with E-state index in [0.29, 0.717) is 41.2 Å². The van der Waals surface area contributed by atoms with Crippen LogP contribution in [0.3, 0.4) is 0 Å². The summed E-state index contributed by atoms with van der Waals surface area (Å²) in [6.07, 6.45) is 7.73. The van der Waals surface area contributed by atoms with E-state index < -0.39 is 9.84 Å². The first-order valence-electron chi connectivity index (χ1n) is 10.2. The lowest BCUT2D eigenvalue weighted by Gasteiger charge is -2.21. The zero-order valence-corrected chi connectivity index (χ0v) is 17.5. The van der Waals surface area contributed by atoms with Crippen molar-refractivity contribution in [1.82, 2.24) is 19.9 Å². The highest BCUT2D eigenvalue weighted by Gasteiger charge is 2.17. The Balaban J connectivity index is 1.51. The quantitative estimate of drug-likeness (QED) is 0.496.